The lowest BCUT2D eigenvalue weighted by Crippen LogP contribution is -2.11. The molecule has 1 aromatic heterocycles. The Bertz CT molecular complexity index is 270. The largest absolute Gasteiger partial charge is 0.398 e. The third-order valence-electron chi connectivity index (χ3n) is 1.71. The average Bonchev–Trinajstić information content (AvgIpc) is 2.05. The van der Waals surface area contributed by atoms with E-state index in [0.717, 1.165) is 12.0 Å². The molecular formula is C9H13N3. The van der Waals surface area contributed by atoms with Crippen LogP contribution in [-0.4, -0.2) is 4.98 Å². The highest BCUT2D eigenvalue weighted by Crippen LogP contribution is 2.19. The quantitative estimate of drug-likeness (QED) is 0.659. The molecule has 0 aliphatic rings. The molecule has 64 valence electrons. The summed E-state index contributed by atoms with van der Waals surface area (Å²) in [5.41, 5.74) is 13.1. The van der Waals surface area contributed by atoms with Crippen LogP contribution < -0.4 is 11.5 Å². The normalized spacial score (nSPS) is 12.4. The van der Waals surface area contributed by atoms with Gasteiger partial charge in [-0.05, 0) is 12.5 Å². The van der Waals surface area contributed by atoms with Crippen LogP contribution in [0.1, 0.15) is 18.0 Å². The molecule has 0 saturated heterocycles. The fraction of sp³-hybridized carbons (Fsp3) is 0.222. The third-order valence-corrected chi connectivity index (χ3v) is 1.71. The van der Waals surface area contributed by atoms with Gasteiger partial charge in [0.2, 0.25) is 0 Å². The van der Waals surface area contributed by atoms with Crippen molar-refractivity contribution in [1.29, 1.82) is 0 Å². The molecule has 1 aromatic rings. The van der Waals surface area contributed by atoms with Gasteiger partial charge in [0.1, 0.15) is 0 Å². The van der Waals surface area contributed by atoms with Crippen LogP contribution in [0.4, 0.5) is 5.69 Å². The summed E-state index contributed by atoms with van der Waals surface area (Å²) in [6.45, 7) is 3.61. The Hall–Kier alpha value is -1.35. The second kappa shape index (κ2) is 3.88. The standard InChI is InChI=1S/C9H13N3/c1-2-3-8(10)7-6-12-5-4-9(7)11/h2,4-6,8H,1,3,10H2,(H2,11,12)/t8-/m1/s1. The highest BCUT2D eigenvalue weighted by atomic mass is 14.7. The smallest absolute Gasteiger partial charge is 0.0393 e. The van der Waals surface area contributed by atoms with Crippen LogP contribution in [0.3, 0.4) is 0 Å². The number of rotatable bonds is 3. The first-order valence-corrected chi connectivity index (χ1v) is 3.81. The van der Waals surface area contributed by atoms with Gasteiger partial charge in [-0.2, -0.15) is 0 Å². The van der Waals surface area contributed by atoms with Crippen molar-refractivity contribution in [3.63, 3.8) is 0 Å². The highest BCUT2D eigenvalue weighted by molar-refractivity contribution is 5.46. The van der Waals surface area contributed by atoms with Gasteiger partial charge in [0, 0.05) is 29.7 Å². The van der Waals surface area contributed by atoms with E-state index in [-0.39, 0.29) is 6.04 Å². The Kier molecular flexibility index (Phi) is 2.82. The van der Waals surface area contributed by atoms with Crippen molar-refractivity contribution < 1.29 is 0 Å². The molecule has 12 heavy (non-hydrogen) atoms. The van der Waals surface area contributed by atoms with Crippen LogP contribution in [-0.2, 0) is 0 Å². The van der Waals surface area contributed by atoms with E-state index in [1.54, 1.807) is 24.5 Å². The maximum absolute atomic E-state index is 5.82. The van der Waals surface area contributed by atoms with Gasteiger partial charge in [0.15, 0.2) is 0 Å². The summed E-state index contributed by atoms with van der Waals surface area (Å²) in [6, 6.07) is 1.66. The number of hydrogen-bond acceptors (Lipinski definition) is 3. The van der Waals surface area contributed by atoms with Gasteiger partial charge in [0.25, 0.3) is 0 Å². The lowest BCUT2D eigenvalue weighted by Gasteiger charge is -2.10. The first-order valence-electron chi connectivity index (χ1n) is 3.81. The number of nitrogen functional groups attached to an aromatic ring is 1. The zero-order valence-electron chi connectivity index (χ0n) is 6.90. The third kappa shape index (κ3) is 1.83. The summed E-state index contributed by atoms with van der Waals surface area (Å²) < 4.78 is 0. The van der Waals surface area contributed by atoms with Crippen LogP contribution in [0.5, 0.6) is 0 Å². The first-order chi connectivity index (χ1) is 5.75. The number of aromatic nitrogens is 1. The van der Waals surface area contributed by atoms with Crippen molar-refractivity contribution in [3.05, 3.63) is 36.7 Å². The molecule has 0 aliphatic carbocycles. The van der Waals surface area contributed by atoms with E-state index in [1.807, 2.05) is 0 Å². The molecule has 0 amide bonds. The summed E-state index contributed by atoms with van der Waals surface area (Å²) in [6.07, 6.45) is 5.84. The van der Waals surface area contributed by atoms with E-state index in [9.17, 15) is 0 Å². The lowest BCUT2D eigenvalue weighted by molar-refractivity contribution is 0.740. The predicted molar refractivity (Wildman–Crippen MR) is 50.4 cm³/mol. The van der Waals surface area contributed by atoms with Crippen molar-refractivity contribution in [2.45, 2.75) is 12.5 Å². The van der Waals surface area contributed by atoms with Crippen LogP contribution in [0.15, 0.2) is 31.1 Å². The fourth-order valence-corrected chi connectivity index (χ4v) is 1.03. The molecule has 0 aromatic carbocycles. The van der Waals surface area contributed by atoms with E-state index < -0.39 is 0 Å². The molecule has 0 spiro atoms. The predicted octanol–water partition coefficient (Wildman–Crippen LogP) is 1.24. The second-order valence-electron chi connectivity index (χ2n) is 2.64. The van der Waals surface area contributed by atoms with Gasteiger partial charge in [-0.1, -0.05) is 6.08 Å². The van der Waals surface area contributed by atoms with E-state index in [1.165, 1.54) is 0 Å². The molecule has 0 bridgehead atoms. The van der Waals surface area contributed by atoms with Crippen molar-refractivity contribution in [2.24, 2.45) is 5.73 Å². The fourth-order valence-electron chi connectivity index (χ4n) is 1.03. The molecule has 3 nitrogen and oxygen atoms in total. The minimum Gasteiger partial charge on any atom is -0.398 e. The number of nitrogens with two attached hydrogens (primary N) is 2. The van der Waals surface area contributed by atoms with Crippen LogP contribution in [0.25, 0.3) is 0 Å². The topological polar surface area (TPSA) is 64.9 Å². The number of pyridine rings is 1. The van der Waals surface area contributed by atoms with E-state index in [0.29, 0.717) is 5.69 Å². The van der Waals surface area contributed by atoms with Crippen molar-refractivity contribution in [2.75, 3.05) is 5.73 Å². The molecule has 1 atom stereocenters. The minimum atomic E-state index is -0.0869. The lowest BCUT2D eigenvalue weighted by atomic mass is 10.1. The Morgan fingerprint density at radius 1 is 1.67 bits per heavy atom. The van der Waals surface area contributed by atoms with Crippen LogP contribution in [0.2, 0.25) is 0 Å². The summed E-state index contributed by atoms with van der Waals surface area (Å²) >= 11 is 0. The van der Waals surface area contributed by atoms with E-state index >= 15 is 0 Å². The monoisotopic (exact) mass is 163 g/mol. The zero-order chi connectivity index (χ0) is 8.97. The van der Waals surface area contributed by atoms with Gasteiger partial charge in [-0.15, -0.1) is 6.58 Å². The van der Waals surface area contributed by atoms with Gasteiger partial charge < -0.3 is 11.5 Å². The van der Waals surface area contributed by atoms with E-state index in [2.05, 4.69) is 11.6 Å². The minimum absolute atomic E-state index is 0.0869. The van der Waals surface area contributed by atoms with Crippen molar-refractivity contribution in [3.8, 4) is 0 Å². The maximum atomic E-state index is 5.82. The SMILES string of the molecule is C=CC[C@@H](N)c1cnccc1N. The molecule has 1 heterocycles. The Balaban J connectivity index is 2.86. The zero-order valence-corrected chi connectivity index (χ0v) is 6.90. The molecule has 0 saturated carbocycles. The number of anilines is 1. The summed E-state index contributed by atoms with van der Waals surface area (Å²) in [5, 5.41) is 0. The van der Waals surface area contributed by atoms with Crippen molar-refractivity contribution >= 4 is 5.69 Å². The van der Waals surface area contributed by atoms with Gasteiger partial charge in [0.05, 0.1) is 0 Å². The molecule has 0 fully saturated rings. The summed E-state index contributed by atoms with van der Waals surface area (Å²) in [4.78, 5) is 3.95. The maximum Gasteiger partial charge on any atom is 0.0393 e. The van der Waals surface area contributed by atoms with Gasteiger partial charge in [-0.3, -0.25) is 4.98 Å². The van der Waals surface area contributed by atoms with Gasteiger partial charge >= 0.3 is 0 Å². The Morgan fingerprint density at radius 3 is 3.00 bits per heavy atom. The van der Waals surface area contributed by atoms with Crippen LogP contribution >= 0.6 is 0 Å². The highest BCUT2D eigenvalue weighted by Gasteiger charge is 2.06. The number of hydrogen-bond donors (Lipinski definition) is 2. The molecule has 0 aliphatic heterocycles. The summed E-state index contributed by atoms with van der Waals surface area (Å²) in [5.74, 6) is 0. The Labute approximate surface area is 72.1 Å². The van der Waals surface area contributed by atoms with E-state index in [4.69, 9.17) is 11.5 Å². The molecule has 3 heteroatoms. The van der Waals surface area contributed by atoms with Crippen LogP contribution in [0, 0.1) is 0 Å². The number of nitrogens with zero attached hydrogens (tertiary/aromatic N) is 1. The Morgan fingerprint density at radius 2 is 2.42 bits per heavy atom. The molecular weight excluding hydrogens is 150 g/mol. The first kappa shape index (κ1) is 8.74. The average molecular weight is 163 g/mol. The molecule has 4 N–H and O–H groups in total. The van der Waals surface area contributed by atoms with Crippen molar-refractivity contribution in [1.82, 2.24) is 4.98 Å². The molecule has 1 rings (SSSR count). The molecule has 0 radical (unpaired) electrons. The summed E-state index contributed by atoms with van der Waals surface area (Å²) in [7, 11) is 0. The second-order valence-corrected chi connectivity index (χ2v) is 2.64. The molecule has 0 unspecified atom stereocenters. The van der Waals surface area contributed by atoms with Gasteiger partial charge in [-0.25, -0.2) is 0 Å².